The maximum absolute atomic E-state index is 11.4. The van der Waals surface area contributed by atoms with Crippen LogP contribution in [-0.4, -0.2) is 17.7 Å². The summed E-state index contributed by atoms with van der Waals surface area (Å²) < 4.78 is 44.7. The molecule has 0 rings (SSSR count). The average molecular weight is 146 g/mol. The van der Waals surface area contributed by atoms with Crippen molar-refractivity contribution in [3.63, 3.8) is 0 Å². The Bertz CT molecular complexity index is 89.3. The van der Waals surface area contributed by atoms with Gasteiger partial charge in [0.1, 0.15) is 0 Å². The number of hydrogen-bond acceptors (Lipinski definition) is 1. The first-order valence-corrected chi connectivity index (χ1v) is 2.10. The molecule has 0 atom stereocenters. The highest BCUT2D eigenvalue weighted by atomic mass is 32.1. The molecule has 8 heavy (non-hydrogen) atoms. The highest BCUT2D eigenvalue weighted by Gasteiger charge is 2.37. The standard InChI is InChI=1S/C3H2F4S/c4-2(5)3(6,7)1-8/h1-2H. The third-order valence-corrected chi connectivity index (χ3v) is 0.762. The fourth-order valence-corrected chi connectivity index (χ4v) is 0.154. The summed E-state index contributed by atoms with van der Waals surface area (Å²) in [5.74, 6) is -4.10. The van der Waals surface area contributed by atoms with Crippen molar-refractivity contribution in [3.05, 3.63) is 0 Å². The van der Waals surface area contributed by atoms with Gasteiger partial charge >= 0.3 is 12.3 Å². The van der Waals surface area contributed by atoms with Crippen molar-refractivity contribution in [2.75, 3.05) is 0 Å². The molecule has 0 aromatic rings. The molecule has 0 aliphatic carbocycles. The Hall–Kier alpha value is -0.190. The Morgan fingerprint density at radius 1 is 1.38 bits per heavy atom. The van der Waals surface area contributed by atoms with E-state index in [1.54, 1.807) is 0 Å². The first-order chi connectivity index (χ1) is 3.50. The molecule has 0 fully saturated rings. The van der Waals surface area contributed by atoms with Gasteiger partial charge in [-0.25, -0.2) is 8.78 Å². The third kappa shape index (κ3) is 1.73. The van der Waals surface area contributed by atoms with E-state index in [-0.39, 0.29) is 5.37 Å². The second kappa shape index (κ2) is 2.39. The zero-order chi connectivity index (χ0) is 6.78. The smallest absolute Gasteiger partial charge is 0.203 e. The van der Waals surface area contributed by atoms with Gasteiger partial charge in [0.2, 0.25) is 0 Å². The second-order valence-corrected chi connectivity index (χ2v) is 1.33. The molecular formula is C3H2F4S. The summed E-state index contributed by atoms with van der Waals surface area (Å²) in [4.78, 5) is 0. The van der Waals surface area contributed by atoms with E-state index in [2.05, 4.69) is 12.2 Å². The fraction of sp³-hybridized carbons (Fsp3) is 0.667. The summed E-state index contributed by atoms with van der Waals surface area (Å²) in [5.41, 5.74) is 0. The van der Waals surface area contributed by atoms with Gasteiger partial charge in [0.15, 0.2) is 0 Å². The highest BCUT2D eigenvalue weighted by molar-refractivity contribution is 7.79. The van der Waals surface area contributed by atoms with E-state index in [0.29, 0.717) is 0 Å². The summed E-state index contributed by atoms with van der Waals surface area (Å²) in [6, 6.07) is 0. The van der Waals surface area contributed by atoms with Gasteiger partial charge in [-0.15, -0.1) is 0 Å². The minimum absolute atomic E-state index is 0.238. The minimum Gasteiger partial charge on any atom is -0.203 e. The molecule has 0 saturated heterocycles. The van der Waals surface area contributed by atoms with E-state index in [9.17, 15) is 17.6 Å². The topological polar surface area (TPSA) is 0 Å². The van der Waals surface area contributed by atoms with Gasteiger partial charge in [-0.05, 0) is 0 Å². The number of alkyl halides is 4. The van der Waals surface area contributed by atoms with Gasteiger partial charge in [-0.1, -0.05) is 12.2 Å². The van der Waals surface area contributed by atoms with Crippen LogP contribution in [0, 0.1) is 0 Å². The van der Waals surface area contributed by atoms with Crippen molar-refractivity contribution in [2.24, 2.45) is 0 Å². The Labute approximate surface area is 48.5 Å². The lowest BCUT2D eigenvalue weighted by Crippen LogP contribution is -2.26. The van der Waals surface area contributed by atoms with E-state index in [1.165, 1.54) is 0 Å². The first kappa shape index (κ1) is 7.81. The lowest BCUT2D eigenvalue weighted by molar-refractivity contribution is -0.0697. The Morgan fingerprint density at radius 2 is 1.75 bits per heavy atom. The van der Waals surface area contributed by atoms with Crippen molar-refractivity contribution in [3.8, 4) is 0 Å². The van der Waals surface area contributed by atoms with Gasteiger partial charge in [-0.3, -0.25) is 0 Å². The lowest BCUT2D eigenvalue weighted by Gasteiger charge is -2.06. The van der Waals surface area contributed by atoms with E-state index in [1.807, 2.05) is 0 Å². The molecule has 0 amide bonds. The molecule has 48 valence electrons. The summed E-state index contributed by atoms with van der Waals surface area (Å²) >= 11 is 3.61. The summed E-state index contributed by atoms with van der Waals surface area (Å²) in [7, 11) is 0. The molecule has 0 bridgehead atoms. The van der Waals surface area contributed by atoms with Crippen LogP contribution in [0.2, 0.25) is 0 Å². The van der Waals surface area contributed by atoms with Gasteiger partial charge < -0.3 is 0 Å². The Balaban J connectivity index is 3.90. The maximum atomic E-state index is 11.4. The molecule has 0 nitrogen and oxygen atoms in total. The molecule has 0 N–H and O–H groups in total. The predicted octanol–water partition coefficient (Wildman–Crippen LogP) is 1.89. The molecule has 0 spiro atoms. The van der Waals surface area contributed by atoms with Crippen molar-refractivity contribution in [2.45, 2.75) is 12.3 Å². The molecule has 0 aromatic carbocycles. The minimum atomic E-state index is -4.10. The van der Waals surface area contributed by atoms with Gasteiger partial charge in [0.25, 0.3) is 0 Å². The van der Waals surface area contributed by atoms with Gasteiger partial charge in [-0.2, -0.15) is 8.78 Å². The predicted molar refractivity (Wildman–Crippen MR) is 24.6 cm³/mol. The normalized spacial score (nSPS) is 12.1. The van der Waals surface area contributed by atoms with Gasteiger partial charge in [0, 0.05) is 0 Å². The molecule has 5 heteroatoms. The van der Waals surface area contributed by atoms with Crippen molar-refractivity contribution >= 4 is 17.6 Å². The van der Waals surface area contributed by atoms with Crippen LogP contribution in [0.4, 0.5) is 17.6 Å². The zero-order valence-electron chi connectivity index (χ0n) is 3.57. The van der Waals surface area contributed by atoms with E-state index >= 15 is 0 Å². The van der Waals surface area contributed by atoms with Crippen LogP contribution in [0.5, 0.6) is 0 Å². The monoisotopic (exact) mass is 146 g/mol. The van der Waals surface area contributed by atoms with Crippen LogP contribution in [0.3, 0.4) is 0 Å². The van der Waals surface area contributed by atoms with Crippen LogP contribution >= 0.6 is 12.2 Å². The largest absolute Gasteiger partial charge is 0.335 e. The zero-order valence-corrected chi connectivity index (χ0v) is 4.39. The SMILES string of the molecule is FC(F)C(F)(F)C=S. The average Bonchev–Trinajstić information content (AvgIpc) is 1.67. The van der Waals surface area contributed by atoms with Crippen LogP contribution in [0.1, 0.15) is 0 Å². The summed E-state index contributed by atoms with van der Waals surface area (Å²) in [5, 5.41) is -0.238. The Morgan fingerprint density at radius 3 is 1.75 bits per heavy atom. The molecule has 0 radical (unpaired) electrons. The van der Waals surface area contributed by atoms with Crippen LogP contribution in [0.15, 0.2) is 0 Å². The summed E-state index contributed by atoms with van der Waals surface area (Å²) in [6.07, 6.45) is -3.68. The number of hydrogen-bond donors (Lipinski definition) is 0. The fourth-order valence-electron chi connectivity index (χ4n) is 0.0514. The van der Waals surface area contributed by atoms with Crippen molar-refractivity contribution in [1.29, 1.82) is 0 Å². The first-order valence-electron chi connectivity index (χ1n) is 1.63. The molecule has 0 aromatic heterocycles. The molecule has 0 heterocycles. The van der Waals surface area contributed by atoms with E-state index in [4.69, 9.17) is 0 Å². The second-order valence-electron chi connectivity index (χ2n) is 1.09. The maximum Gasteiger partial charge on any atom is 0.335 e. The van der Waals surface area contributed by atoms with Crippen LogP contribution in [0.25, 0.3) is 0 Å². The van der Waals surface area contributed by atoms with Crippen molar-refractivity contribution < 1.29 is 17.6 Å². The van der Waals surface area contributed by atoms with E-state index in [0.717, 1.165) is 0 Å². The third-order valence-electron chi connectivity index (χ3n) is 0.448. The van der Waals surface area contributed by atoms with Crippen LogP contribution in [-0.2, 0) is 0 Å². The number of halogens is 4. The molecule has 0 aliphatic rings. The Kier molecular flexibility index (Phi) is 2.33. The molecule has 0 saturated carbocycles. The van der Waals surface area contributed by atoms with E-state index < -0.39 is 12.3 Å². The number of rotatable bonds is 2. The lowest BCUT2D eigenvalue weighted by atomic mass is 10.4. The highest BCUT2D eigenvalue weighted by Crippen LogP contribution is 2.19. The van der Waals surface area contributed by atoms with Crippen molar-refractivity contribution in [1.82, 2.24) is 0 Å². The quantitative estimate of drug-likeness (QED) is 0.423. The van der Waals surface area contributed by atoms with Crippen LogP contribution < -0.4 is 0 Å². The summed E-state index contributed by atoms with van der Waals surface area (Å²) in [6.45, 7) is 0. The molecular weight excluding hydrogens is 144 g/mol. The molecule has 0 unspecified atom stereocenters. The molecule has 0 aliphatic heterocycles. The van der Waals surface area contributed by atoms with Gasteiger partial charge in [0.05, 0.1) is 5.37 Å². The number of thiocarbonyl (C=S) groups is 1.